The average Bonchev–Trinajstić information content (AvgIpc) is 2.99. The van der Waals surface area contributed by atoms with Crippen LogP contribution in [0.5, 0.6) is 0 Å². The SMILES string of the molecule is CC(C)(CNC(=O)N1CCOCC1)NCC(=O)N1C[C@@H](F)C[C@H]1C#N. The van der Waals surface area contributed by atoms with Gasteiger partial charge >= 0.3 is 6.03 Å². The number of hydrogen-bond donors (Lipinski definition) is 2. The number of nitrogens with one attached hydrogen (secondary N) is 2. The van der Waals surface area contributed by atoms with Gasteiger partial charge in [0.1, 0.15) is 12.2 Å². The molecule has 0 bridgehead atoms. The third kappa shape index (κ3) is 5.54. The van der Waals surface area contributed by atoms with E-state index in [9.17, 15) is 14.0 Å². The van der Waals surface area contributed by atoms with Gasteiger partial charge in [0.25, 0.3) is 0 Å². The maximum absolute atomic E-state index is 13.4. The molecule has 0 aromatic carbocycles. The Kier molecular flexibility index (Phi) is 6.56. The number of likely N-dealkylation sites (tertiary alicyclic amines) is 1. The molecule has 3 amide bonds. The number of urea groups is 1. The van der Waals surface area contributed by atoms with E-state index in [0.717, 1.165) is 0 Å². The Balaban J connectivity index is 1.75. The Labute approximate surface area is 147 Å². The smallest absolute Gasteiger partial charge is 0.317 e. The monoisotopic (exact) mass is 355 g/mol. The Hall–Kier alpha value is -1.92. The molecule has 8 nitrogen and oxygen atoms in total. The predicted octanol–water partition coefficient (Wildman–Crippen LogP) is -0.141. The highest BCUT2D eigenvalue weighted by molar-refractivity contribution is 5.79. The minimum Gasteiger partial charge on any atom is -0.378 e. The molecule has 2 atom stereocenters. The van der Waals surface area contributed by atoms with Gasteiger partial charge in [-0.15, -0.1) is 0 Å². The average molecular weight is 355 g/mol. The summed E-state index contributed by atoms with van der Waals surface area (Å²) in [6, 6.07) is 1.10. The van der Waals surface area contributed by atoms with Gasteiger partial charge < -0.3 is 25.2 Å². The van der Waals surface area contributed by atoms with Crippen LogP contribution >= 0.6 is 0 Å². The summed E-state index contributed by atoms with van der Waals surface area (Å²) in [6.45, 7) is 6.22. The lowest BCUT2D eigenvalue weighted by Gasteiger charge is -2.31. The zero-order valence-corrected chi connectivity index (χ0v) is 14.8. The van der Waals surface area contributed by atoms with Gasteiger partial charge in [-0.3, -0.25) is 4.79 Å². The van der Waals surface area contributed by atoms with Gasteiger partial charge in [-0.2, -0.15) is 5.26 Å². The van der Waals surface area contributed by atoms with E-state index < -0.39 is 17.8 Å². The van der Waals surface area contributed by atoms with E-state index in [1.54, 1.807) is 4.90 Å². The topological polar surface area (TPSA) is 97.7 Å². The van der Waals surface area contributed by atoms with Crippen LogP contribution in [0.2, 0.25) is 0 Å². The van der Waals surface area contributed by atoms with Gasteiger partial charge in [0.15, 0.2) is 0 Å². The molecule has 0 aromatic heterocycles. The molecule has 0 radical (unpaired) electrons. The van der Waals surface area contributed by atoms with E-state index in [4.69, 9.17) is 10.00 Å². The molecule has 2 heterocycles. The lowest BCUT2D eigenvalue weighted by molar-refractivity contribution is -0.130. The number of halogens is 1. The summed E-state index contributed by atoms with van der Waals surface area (Å²) in [5.41, 5.74) is -0.519. The molecular weight excluding hydrogens is 329 g/mol. The number of alkyl halides is 1. The van der Waals surface area contributed by atoms with E-state index in [-0.39, 0.29) is 31.4 Å². The maximum Gasteiger partial charge on any atom is 0.317 e. The van der Waals surface area contributed by atoms with Crippen molar-refractivity contribution >= 4 is 11.9 Å². The second kappa shape index (κ2) is 8.45. The summed E-state index contributed by atoms with van der Waals surface area (Å²) in [5.74, 6) is -0.306. The molecule has 25 heavy (non-hydrogen) atoms. The van der Waals surface area contributed by atoms with Crippen molar-refractivity contribution < 1.29 is 18.7 Å². The predicted molar refractivity (Wildman–Crippen MR) is 88.5 cm³/mol. The first kappa shape index (κ1) is 19.4. The second-order valence-electron chi connectivity index (χ2n) is 7.02. The maximum atomic E-state index is 13.4. The van der Waals surface area contributed by atoms with E-state index in [0.29, 0.717) is 32.8 Å². The lowest BCUT2D eigenvalue weighted by atomic mass is 10.1. The number of carbonyl (C=O) groups is 2. The van der Waals surface area contributed by atoms with Crippen LogP contribution in [-0.2, 0) is 9.53 Å². The Bertz CT molecular complexity index is 530. The molecule has 0 unspecified atom stereocenters. The molecule has 2 aliphatic heterocycles. The van der Waals surface area contributed by atoms with Crippen LogP contribution in [-0.4, -0.2) is 85.4 Å². The van der Waals surface area contributed by atoms with Crippen molar-refractivity contribution in [3.8, 4) is 6.07 Å². The number of morpholine rings is 1. The van der Waals surface area contributed by atoms with Crippen LogP contribution in [0, 0.1) is 11.3 Å². The first-order valence-corrected chi connectivity index (χ1v) is 8.51. The molecule has 2 fully saturated rings. The third-order valence-electron chi connectivity index (χ3n) is 4.42. The van der Waals surface area contributed by atoms with Crippen molar-refractivity contribution in [3.05, 3.63) is 0 Å². The van der Waals surface area contributed by atoms with Gasteiger partial charge in [0.2, 0.25) is 5.91 Å². The molecule has 9 heteroatoms. The number of rotatable bonds is 5. The van der Waals surface area contributed by atoms with Gasteiger partial charge in [-0.25, -0.2) is 9.18 Å². The number of ether oxygens (including phenoxy) is 1. The summed E-state index contributed by atoms with van der Waals surface area (Å²) < 4.78 is 18.6. The normalized spacial score (nSPS) is 24.1. The third-order valence-corrected chi connectivity index (χ3v) is 4.42. The molecule has 2 N–H and O–H groups in total. The Morgan fingerprint density at radius 2 is 2.04 bits per heavy atom. The van der Waals surface area contributed by atoms with Crippen LogP contribution in [0.1, 0.15) is 20.3 Å². The Morgan fingerprint density at radius 3 is 2.68 bits per heavy atom. The summed E-state index contributed by atoms with van der Waals surface area (Å²) in [7, 11) is 0. The minimum atomic E-state index is -1.14. The fourth-order valence-electron chi connectivity index (χ4n) is 2.84. The molecule has 0 spiro atoms. The fourth-order valence-corrected chi connectivity index (χ4v) is 2.84. The van der Waals surface area contributed by atoms with Crippen LogP contribution in [0.25, 0.3) is 0 Å². The zero-order chi connectivity index (χ0) is 18.4. The van der Waals surface area contributed by atoms with Crippen LogP contribution in [0.3, 0.4) is 0 Å². The summed E-state index contributed by atoms with van der Waals surface area (Å²) in [6.07, 6.45) is -1.07. The van der Waals surface area contributed by atoms with Crippen molar-refractivity contribution in [2.45, 2.75) is 38.0 Å². The molecule has 0 aromatic rings. The van der Waals surface area contributed by atoms with Crippen molar-refractivity contribution in [1.82, 2.24) is 20.4 Å². The van der Waals surface area contributed by atoms with E-state index >= 15 is 0 Å². The van der Waals surface area contributed by atoms with Crippen LogP contribution in [0.15, 0.2) is 0 Å². The molecule has 2 aliphatic rings. The molecular formula is C16H26FN5O3. The highest BCUT2D eigenvalue weighted by atomic mass is 19.1. The van der Waals surface area contributed by atoms with Crippen molar-refractivity contribution in [1.29, 1.82) is 5.26 Å². The highest BCUT2D eigenvalue weighted by Gasteiger charge is 2.35. The molecule has 2 rings (SSSR count). The van der Waals surface area contributed by atoms with Gasteiger partial charge in [0, 0.05) is 31.6 Å². The largest absolute Gasteiger partial charge is 0.378 e. The summed E-state index contributed by atoms with van der Waals surface area (Å²) in [5, 5.41) is 14.9. The first-order valence-electron chi connectivity index (χ1n) is 8.51. The van der Waals surface area contributed by atoms with Crippen molar-refractivity contribution in [2.24, 2.45) is 0 Å². The number of carbonyl (C=O) groups excluding carboxylic acids is 2. The highest BCUT2D eigenvalue weighted by Crippen LogP contribution is 2.19. The van der Waals surface area contributed by atoms with Gasteiger partial charge in [-0.05, 0) is 13.8 Å². The van der Waals surface area contributed by atoms with Crippen LogP contribution < -0.4 is 10.6 Å². The van der Waals surface area contributed by atoms with Crippen molar-refractivity contribution in [3.63, 3.8) is 0 Å². The van der Waals surface area contributed by atoms with E-state index in [1.807, 2.05) is 19.9 Å². The Morgan fingerprint density at radius 1 is 1.36 bits per heavy atom. The molecule has 2 saturated heterocycles. The number of nitrogens with zero attached hydrogens (tertiary/aromatic N) is 3. The molecule has 0 saturated carbocycles. The summed E-state index contributed by atoms with van der Waals surface area (Å²) in [4.78, 5) is 27.3. The van der Waals surface area contributed by atoms with E-state index in [1.165, 1.54) is 4.90 Å². The van der Waals surface area contributed by atoms with Crippen molar-refractivity contribution in [2.75, 3.05) is 45.9 Å². The zero-order valence-electron chi connectivity index (χ0n) is 14.8. The second-order valence-corrected chi connectivity index (χ2v) is 7.02. The fraction of sp³-hybridized carbons (Fsp3) is 0.812. The summed E-state index contributed by atoms with van der Waals surface area (Å²) >= 11 is 0. The number of nitriles is 1. The quantitative estimate of drug-likeness (QED) is 0.715. The molecule has 140 valence electrons. The number of hydrogen-bond acceptors (Lipinski definition) is 5. The van der Waals surface area contributed by atoms with Gasteiger partial charge in [0.05, 0.1) is 32.4 Å². The molecule has 0 aliphatic carbocycles. The number of amides is 3. The first-order chi connectivity index (χ1) is 11.8. The van der Waals surface area contributed by atoms with Crippen LogP contribution in [0.4, 0.5) is 9.18 Å². The lowest BCUT2D eigenvalue weighted by Crippen LogP contribution is -2.55. The van der Waals surface area contributed by atoms with Gasteiger partial charge in [-0.1, -0.05) is 0 Å². The minimum absolute atomic E-state index is 0.00861. The standard InChI is InChI=1S/C16H26FN5O3/c1-16(2,11-19-15(24)21-3-5-25-6-4-21)20-9-14(23)22-10-12(17)7-13(22)8-18/h12-13,20H,3-7,9-11H2,1-2H3,(H,19,24)/t12-,13-/m0/s1. The van der Waals surface area contributed by atoms with E-state index in [2.05, 4.69) is 10.6 Å².